The molecule has 5 heteroatoms. The molecule has 1 aromatic rings. The Bertz CT molecular complexity index is 543. The molecule has 0 unspecified atom stereocenters. The molecule has 2 fully saturated rings. The van der Waals surface area contributed by atoms with E-state index >= 15 is 0 Å². The van der Waals surface area contributed by atoms with Crippen molar-refractivity contribution in [1.82, 2.24) is 4.90 Å². The number of hydrogen-bond donors (Lipinski definition) is 0. The van der Waals surface area contributed by atoms with Gasteiger partial charge in [-0.15, -0.1) is 11.8 Å². The standard InChI is InChI=1S/C17H23NO3S/c1-20-13-8-9-15(21-2)14(10-13)17-18(16(19)11-22-17)12-6-4-3-5-7-12/h8-10,12,17H,3-7,11H2,1-2H3/t17-/m1/s1. The van der Waals surface area contributed by atoms with Crippen LogP contribution in [0, 0.1) is 0 Å². The van der Waals surface area contributed by atoms with Crippen LogP contribution < -0.4 is 9.47 Å². The van der Waals surface area contributed by atoms with Gasteiger partial charge in [-0.25, -0.2) is 0 Å². The maximum Gasteiger partial charge on any atom is 0.234 e. The van der Waals surface area contributed by atoms with Crippen molar-refractivity contribution >= 4 is 17.7 Å². The van der Waals surface area contributed by atoms with Crippen LogP contribution in [0.5, 0.6) is 11.5 Å². The largest absolute Gasteiger partial charge is 0.497 e. The highest BCUT2D eigenvalue weighted by molar-refractivity contribution is 8.00. The average molecular weight is 321 g/mol. The summed E-state index contributed by atoms with van der Waals surface area (Å²) >= 11 is 1.69. The molecular formula is C17H23NO3S. The smallest absolute Gasteiger partial charge is 0.234 e. The van der Waals surface area contributed by atoms with Gasteiger partial charge in [-0.1, -0.05) is 19.3 Å². The molecule has 0 aromatic heterocycles. The molecule has 1 atom stereocenters. The van der Waals surface area contributed by atoms with E-state index in [2.05, 4.69) is 4.90 Å². The Morgan fingerprint density at radius 1 is 1.14 bits per heavy atom. The van der Waals surface area contributed by atoms with Gasteiger partial charge in [0.2, 0.25) is 5.91 Å². The summed E-state index contributed by atoms with van der Waals surface area (Å²) in [5.41, 5.74) is 1.04. The molecule has 0 spiro atoms. The highest BCUT2D eigenvalue weighted by atomic mass is 32.2. The highest BCUT2D eigenvalue weighted by Crippen LogP contribution is 2.46. The highest BCUT2D eigenvalue weighted by Gasteiger charge is 2.39. The van der Waals surface area contributed by atoms with Crippen LogP contribution in [0.4, 0.5) is 0 Å². The summed E-state index contributed by atoms with van der Waals surface area (Å²) in [6.45, 7) is 0. The maximum atomic E-state index is 12.4. The number of rotatable bonds is 4. The third-order valence-corrected chi connectivity index (χ3v) is 5.79. The molecule has 3 rings (SSSR count). The number of amides is 1. The summed E-state index contributed by atoms with van der Waals surface area (Å²) in [6, 6.07) is 6.20. The second-order valence-electron chi connectivity index (χ2n) is 5.86. The zero-order chi connectivity index (χ0) is 15.5. The lowest BCUT2D eigenvalue weighted by Crippen LogP contribution is -2.39. The van der Waals surface area contributed by atoms with Crippen molar-refractivity contribution in [3.8, 4) is 11.5 Å². The molecular weight excluding hydrogens is 298 g/mol. The molecule has 1 heterocycles. The Kier molecular flexibility index (Phi) is 4.81. The molecule has 1 amide bonds. The number of carbonyl (C=O) groups is 1. The summed E-state index contributed by atoms with van der Waals surface area (Å²) in [5, 5.41) is 0.0423. The number of ether oxygens (including phenoxy) is 2. The third kappa shape index (κ3) is 2.91. The van der Waals surface area contributed by atoms with Gasteiger partial charge >= 0.3 is 0 Å². The van der Waals surface area contributed by atoms with Crippen LogP contribution >= 0.6 is 11.8 Å². The van der Waals surface area contributed by atoms with Gasteiger partial charge in [0.05, 0.1) is 20.0 Å². The van der Waals surface area contributed by atoms with E-state index in [0.29, 0.717) is 11.8 Å². The zero-order valence-corrected chi connectivity index (χ0v) is 14.0. The summed E-state index contributed by atoms with van der Waals surface area (Å²) in [6.07, 6.45) is 5.98. The van der Waals surface area contributed by atoms with Gasteiger partial charge in [0.1, 0.15) is 16.9 Å². The molecule has 0 radical (unpaired) electrons. The first-order chi connectivity index (χ1) is 10.7. The van der Waals surface area contributed by atoms with E-state index in [1.54, 1.807) is 26.0 Å². The minimum Gasteiger partial charge on any atom is -0.497 e. The van der Waals surface area contributed by atoms with E-state index in [-0.39, 0.29) is 11.3 Å². The van der Waals surface area contributed by atoms with Crippen LogP contribution in [0.2, 0.25) is 0 Å². The van der Waals surface area contributed by atoms with E-state index in [0.717, 1.165) is 29.9 Å². The molecule has 1 aliphatic carbocycles. The van der Waals surface area contributed by atoms with Crippen LogP contribution in [0.1, 0.15) is 43.0 Å². The topological polar surface area (TPSA) is 38.8 Å². The number of nitrogens with zero attached hydrogens (tertiary/aromatic N) is 1. The Labute approximate surface area is 136 Å². The lowest BCUT2D eigenvalue weighted by atomic mass is 9.93. The fourth-order valence-corrected chi connectivity index (χ4v) is 4.73. The summed E-state index contributed by atoms with van der Waals surface area (Å²) in [7, 11) is 3.34. The number of methoxy groups -OCH3 is 2. The van der Waals surface area contributed by atoms with Gasteiger partial charge in [-0.2, -0.15) is 0 Å². The minimum atomic E-state index is 0.0423. The fourth-order valence-electron chi connectivity index (χ4n) is 3.46. The van der Waals surface area contributed by atoms with Crippen LogP contribution in [0.25, 0.3) is 0 Å². The van der Waals surface area contributed by atoms with E-state index in [1.807, 2.05) is 18.2 Å². The van der Waals surface area contributed by atoms with Gasteiger partial charge in [-0.3, -0.25) is 4.79 Å². The van der Waals surface area contributed by atoms with Gasteiger partial charge < -0.3 is 14.4 Å². The molecule has 2 aliphatic rings. The second-order valence-corrected chi connectivity index (χ2v) is 6.93. The Balaban J connectivity index is 1.93. The lowest BCUT2D eigenvalue weighted by Gasteiger charge is -2.35. The molecule has 22 heavy (non-hydrogen) atoms. The molecule has 1 aliphatic heterocycles. The first kappa shape index (κ1) is 15.5. The lowest BCUT2D eigenvalue weighted by molar-refractivity contribution is -0.131. The third-order valence-electron chi connectivity index (χ3n) is 4.58. The van der Waals surface area contributed by atoms with E-state index in [9.17, 15) is 4.79 Å². The quantitative estimate of drug-likeness (QED) is 0.849. The van der Waals surface area contributed by atoms with E-state index in [4.69, 9.17) is 9.47 Å². The Morgan fingerprint density at radius 3 is 2.59 bits per heavy atom. The second kappa shape index (κ2) is 6.82. The van der Waals surface area contributed by atoms with Crippen molar-refractivity contribution in [3.63, 3.8) is 0 Å². The minimum absolute atomic E-state index is 0.0423. The van der Waals surface area contributed by atoms with Crippen molar-refractivity contribution in [2.45, 2.75) is 43.5 Å². The predicted molar refractivity (Wildman–Crippen MR) is 88.5 cm³/mol. The number of hydrogen-bond acceptors (Lipinski definition) is 4. The van der Waals surface area contributed by atoms with Crippen molar-refractivity contribution in [3.05, 3.63) is 23.8 Å². The predicted octanol–water partition coefficient (Wildman–Crippen LogP) is 3.61. The number of thioether (sulfide) groups is 1. The van der Waals surface area contributed by atoms with E-state index in [1.165, 1.54) is 19.3 Å². The first-order valence-corrected chi connectivity index (χ1v) is 8.94. The summed E-state index contributed by atoms with van der Waals surface area (Å²) in [5.74, 6) is 2.45. The SMILES string of the molecule is COc1ccc(OC)c([C@H]2SCC(=O)N2C2CCCCC2)c1. The fraction of sp³-hybridized carbons (Fsp3) is 0.588. The monoisotopic (exact) mass is 321 g/mol. The molecule has 1 saturated carbocycles. The van der Waals surface area contributed by atoms with Crippen molar-refractivity contribution in [2.24, 2.45) is 0 Å². The molecule has 0 N–H and O–H groups in total. The Hall–Kier alpha value is -1.36. The van der Waals surface area contributed by atoms with Crippen molar-refractivity contribution < 1.29 is 14.3 Å². The molecule has 0 bridgehead atoms. The van der Waals surface area contributed by atoms with Gasteiger partial charge in [0, 0.05) is 11.6 Å². The van der Waals surface area contributed by atoms with Crippen LogP contribution in [-0.2, 0) is 4.79 Å². The Morgan fingerprint density at radius 2 is 1.91 bits per heavy atom. The molecule has 120 valence electrons. The summed E-state index contributed by atoms with van der Waals surface area (Å²) < 4.78 is 10.9. The molecule has 4 nitrogen and oxygen atoms in total. The van der Waals surface area contributed by atoms with Crippen LogP contribution in [-0.4, -0.2) is 36.8 Å². The normalized spacial score (nSPS) is 22.9. The molecule has 1 saturated heterocycles. The van der Waals surface area contributed by atoms with Gasteiger partial charge in [0.15, 0.2) is 0 Å². The van der Waals surface area contributed by atoms with Gasteiger partial charge in [0.25, 0.3) is 0 Å². The van der Waals surface area contributed by atoms with Gasteiger partial charge in [-0.05, 0) is 31.0 Å². The number of benzene rings is 1. The number of carbonyl (C=O) groups excluding carboxylic acids is 1. The van der Waals surface area contributed by atoms with E-state index < -0.39 is 0 Å². The molecule has 1 aromatic carbocycles. The van der Waals surface area contributed by atoms with Crippen molar-refractivity contribution in [2.75, 3.05) is 20.0 Å². The first-order valence-electron chi connectivity index (χ1n) is 7.89. The maximum absolute atomic E-state index is 12.4. The zero-order valence-electron chi connectivity index (χ0n) is 13.2. The van der Waals surface area contributed by atoms with Crippen LogP contribution in [0.15, 0.2) is 18.2 Å². The van der Waals surface area contributed by atoms with Crippen molar-refractivity contribution in [1.29, 1.82) is 0 Å². The average Bonchev–Trinajstić information content (AvgIpc) is 2.96. The summed E-state index contributed by atoms with van der Waals surface area (Å²) in [4.78, 5) is 14.5. The van der Waals surface area contributed by atoms with Crippen LogP contribution in [0.3, 0.4) is 0 Å².